The highest BCUT2D eigenvalue weighted by Gasteiger charge is 2.17. The molecule has 0 aromatic rings. The average Bonchev–Trinajstić information content (AvgIpc) is 0.964. The Balaban J connectivity index is 5.46. The molecule has 0 rings (SSSR count). The number of amides is 6. The van der Waals surface area contributed by atoms with Crippen LogP contribution in [-0.4, -0.2) is 148 Å². The van der Waals surface area contributed by atoms with E-state index in [1.807, 2.05) is 9.80 Å². The number of nitrogens with two attached hydrogens (primary N) is 2. The molecule has 0 aliphatic carbocycles. The van der Waals surface area contributed by atoms with Crippen molar-refractivity contribution in [2.45, 2.75) is 368 Å². The summed E-state index contributed by atoms with van der Waals surface area (Å²) in [6.07, 6.45) is 98.5. The van der Waals surface area contributed by atoms with Gasteiger partial charge in [-0.2, -0.15) is 0 Å². The smallest absolute Gasteiger partial charge is 0.315 e. The fraction of sp³-hybridized carbons (Fsp3) is 0.785. The van der Waals surface area contributed by atoms with E-state index >= 15 is 0 Å². The van der Waals surface area contributed by atoms with Crippen molar-refractivity contribution in [3.63, 3.8) is 0 Å². The van der Waals surface area contributed by atoms with Gasteiger partial charge in [-0.1, -0.05) is 279 Å². The van der Waals surface area contributed by atoms with Gasteiger partial charge in [-0.05, 0) is 239 Å². The molecule has 0 aromatic carbocycles. The van der Waals surface area contributed by atoms with E-state index in [4.69, 9.17) is 11.5 Å². The Morgan fingerprint density at radius 1 is 0.234 bits per heavy atom. The molecule has 0 heterocycles. The summed E-state index contributed by atoms with van der Waals surface area (Å²) in [5.41, 5.74) is 11.8. The number of allylic oxidation sites excluding steroid dienone is 16. The van der Waals surface area contributed by atoms with Gasteiger partial charge in [-0.25, -0.2) is 9.59 Å². The highest BCUT2D eigenvalue weighted by atomic mass is 16.2. The van der Waals surface area contributed by atoms with E-state index in [2.05, 4.69) is 156 Å². The van der Waals surface area contributed by atoms with Crippen molar-refractivity contribution in [2.75, 3.05) is 105 Å². The van der Waals surface area contributed by atoms with Crippen LogP contribution in [0.15, 0.2) is 97.2 Å². The Labute approximate surface area is 661 Å². The van der Waals surface area contributed by atoms with E-state index in [9.17, 15) is 19.2 Å². The molecule has 0 spiro atoms. The van der Waals surface area contributed by atoms with Crippen molar-refractivity contribution in [3.8, 4) is 0 Å². The predicted octanol–water partition coefficient (Wildman–Crippen LogP) is 23.0. The first-order valence-electron chi connectivity index (χ1n) is 45.4. The number of carbonyl (C=O) groups excluding carboxylic acids is 4. The summed E-state index contributed by atoms with van der Waals surface area (Å²) in [4.78, 5) is 63.1. The van der Waals surface area contributed by atoms with Gasteiger partial charge in [0.2, 0.25) is 11.8 Å². The van der Waals surface area contributed by atoms with E-state index in [0.29, 0.717) is 26.2 Å². The minimum Gasteiger partial charge on any atom is -0.341 e. The zero-order valence-corrected chi connectivity index (χ0v) is 70.6. The quantitative estimate of drug-likeness (QED) is 0.0257. The molecule has 0 fully saturated rings. The second kappa shape index (κ2) is 86.8. The van der Waals surface area contributed by atoms with E-state index in [-0.39, 0.29) is 37.0 Å². The maximum Gasteiger partial charge on any atom is 0.315 e. The van der Waals surface area contributed by atoms with Crippen molar-refractivity contribution < 1.29 is 19.2 Å². The Hall–Kier alpha value is -4.76. The number of nitrogens with zero attached hydrogens (tertiary/aromatic N) is 4. The Morgan fingerprint density at radius 3 is 0.692 bits per heavy atom. The summed E-state index contributed by atoms with van der Waals surface area (Å²) < 4.78 is 0. The number of nitrogens with one attached hydrogen (secondary N) is 4. The van der Waals surface area contributed by atoms with E-state index < -0.39 is 0 Å². The standard InChI is InChI=1S/C93H174N10O4/c1-5-9-13-17-21-25-29-33-37-41-45-49-53-57-61-65-84-102(85-66-62-58-54-50-46-42-38-34-30-26-22-18-14-10-6-2)90(104)88-98-92(106)96-76-71-80-101(83-73-82-100(78-69-74-94)79-70-75-95)81-72-77-97-93(107)99-89-91(105)103(86-67-63-59-55-51-47-43-39-35-31-27-23-19-15-11-7-3)87-68-64-60-56-52-48-44-40-36-32-28-24-20-16-12-8-4/h21-28,33-40H,5-20,29-32,41-89,94-95H2,1-4H3,(H2,96,98,106)(H2,97,99,107). The van der Waals surface area contributed by atoms with Crippen LogP contribution >= 0.6 is 0 Å². The summed E-state index contributed by atoms with van der Waals surface area (Å²) >= 11 is 0. The molecule has 107 heavy (non-hydrogen) atoms. The van der Waals surface area contributed by atoms with Gasteiger partial charge in [0.25, 0.3) is 0 Å². The van der Waals surface area contributed by atoms with Crippen LogP contribution in [0, 0.1) is 0 Å². The first-order chi connectivity index (χ1) is 52.8. The maximum atomic E-state index is 13.8. The zero-order valence-electron chi connectivity index (χ0n) is 70.6. The molecule has 8 N–H and O–H groups in total. The van der Waals surface area contributed by atoms with Crippen LogP contribution in [0.2, 0.25) is 0 Å². The lowest BCUT2D eigenvalue weighted by molar-refractivity contribution is -0.131. The number of rotatable bonds is 82. The van der Waals surface area contributed by atoms with Crippen LogP contribution in [0.5, 0.6) is 0 Å². The van der Waals surface area contributed by atoms with Crippen molar-refractivity contribution in [2.24, 2.45) is 11.5 Å². The van der Waals surface area contributed by atoms with Crippen molar-refractivity contribution in [3.05, 3.63) is 97.2 Å². The average molecular weight is 1500 g/mol. The number of unbranched alkanes of at least 4 members (excludes halogenated alkanes) is 36. The van der Waals surface area contributed by atoms with Gasteiger partial charge in [0.15, 0.2) is 0 Å². The number of carbonyl (C=O) groups is 4. The summed E-state index contributed by atoms with van der Waals surface area (Å²) in [5.74, 6) is -0.00808. The number of hydrogen-bond acceptors (Lipinski definition) is 8. The maximum absolute atomic E-state index is 13.8. The molecule has 6 amide bonds. The molecule has 14 nitrogen and oxygen atoms in total. The minimum absolute atomic E-state index is 0.00404. The molecule has 620 valence electrons. The van der Waals surface area contributed by atoms with Gasteiger partial charge < -0.3 is 52.3 Å². The lowest BCUT2D eigenvalue weighted by Gasteiger charge is -2.26. The summed E-state index contributed by atoms with van der Waals surface area (Å²) in [6, 6.07) is -0.623. The molecule has 0 bridgehead atoms. The van der Waals surface area contributed by atoms with Crippen LogP contribution in [-0.2, 0) is 9.59 Å². The van der Waals surface area contributed by atoms with E-state index in [1.165, 1.54) is 205 Å². The lowest BCUT2D eigenvalue weighted by Crippen LogP contribution is -2.45. The molecule has 14 heteroatoms. The van der Waals surface area contributed by atoms with Crippen LogP contribution in [0.4, 0.5) is 9.59 Å². The molecule has 0 saturated heterocycles. The van der Waals surface area contributed by atoms with Crippen LogP contribution in [0.25, 0.3) is 0 Å². The first-order valence-corrected chi connectivity index (χ1v) is 45.4. The Bertz CT molecular complexity index is 1940. The third kappa shape index (κ3) is 77.8. The Morgan fingerprint density at radius 2 is 0.449 bits per heavy atom. The van der Waals surface area contributed by atoms with Crippen LogP contribution < -0.4 is 32.7 Å². The van der Waals surface area contributed by atoms with Gasteiger partial charge in [-0.3, -0.25) is 9.59 Å². The fourth-order valence-corrected chi connectivity index (χ4v) is 13.4. The van der Waals surface area contributed by atoms with E-state index in [1.54, 1.807) is 0 Å². The molecular weight excluding hydrogens is 1320 g/mol. The zero-order chi connectivity index (χ0) is 77.6. The van der Waals surface area contributed by atoms with Crippen molar-refractivity contribution in [1.82, 2.24) is 40.9 Å². The summed E-state index contributed by atoms with van der Waals surface area (Å²) in [5, 5.41) is 11.9. The third-order valence-electron chi connectivity index (χ3n) is 20.2. The topological polar surface area (TPSA) is 181 Å². The highest BCUT2D eigenvalue weighted by molar-refractivity contribution is 5.84. The normalized spacial score (nSPS) is 12.2. The predicted molar refractivity (Wildman–Crippen MR) is 467 cm³/mol. The van der Waals surface area contributed by atoms with Crippen LogP contribution in [0.1, 0.15) is 368 Å². The molecule has 0 saturated carbocycles. The van der Waals surface area contributed by atoms with Gasteiger partial charge in [-0.15, -0.1) is 0 Å². The summed E-state index contributed by atoms with van der Waals surface area (Å²) in [7, 11) is 0. The van der Waals surface area contributed by atoms with Gasteiger partial charge in [0.1, 0.15) is 0 Å². The molecule has 0 aliphatic heterocycles. The lowest BCUT2D eigenvalue weighted by atomic mass is 10.1. The largest absolute Gasteiger partial charge is 0.341 e. The number of hydrogen-bond donors (Lipinski definition) is 6. The van der Waals surface area contributed by atoms with Crippen LogP contribution in [0.3, 0.4) is 0 Å². The molecule has 0 radical (unpaired) electrons. The number of urea groups is 2. The van der Waals surface area contributed by atoms with Gasteiger partial charge in [0, 0.05) is 39.3 Å². The molecule has 0 aliphatic rings. The molecule has 0 atom stereocenters. The third-order valence-corrected chi connectivity index (χ3v) is 20.2. The molecule has 0 aromatic heterocycles. The SMILES string of the molecule is CCCCCC=CCC=CCCCCCCCCN(CCCCCCCCC=CCC=CCCCCC)C(=O)CNC(=O)NCCCN(CCCNC(=O)NCC(=O)N(CCCCCCCCC=CCC=CCCCCC)CCCCCCCCC=CCC=CCCCCC)CCCN(CCCN)CCCN. The first kappa shape index (κ1) is 102. The molecular formula is C93H174N10O4. The Kier molecular flexibility index (Phi) is 83.0. The van der Waals surface area contributed by atoms with Gasteiger partial charge >= 0.3 is 12.1 Å². The van der Waals surface area contributed by atoms with Gasteiger partial charge in [0.05, 0.1) is 13.1 Å². The fourth-order valence-electron chi connectivity index (χ4n) is 13.4. The molecule has 0 unspecified atom stereocenters. The highest BCUT2D eigenvalue weighted by Crippen LogP contribution is 2.16. The second-order valence-electron chi connectivity index (χ2n) is 30.3. The van der Waals surface area contributed by atoms with Crippen molar-refractivity contribution in [1.29, 1.82) is 0 Å². The minimum atomic E-state index is -0.312. The monoisotopic (exact) mass is 1500 g/mol. The van der Waals surface area contributed by atoms with Crippen molar-refractivity contribution >= 4 is 23.9 Å². The summed E-state index contributed by atoms with van der Waals surface area (Å²) in [6.45, 7) is 19.5. The second-order valence-corrected chi connectivity index (χ2v) is 30.3. The van der Waals surface area contributed by atoms with E-state index in [0.717, 1.165) is 200 Å².